The van der Waals surface area contributed by atoms with Crippen LogP contribution in [-0.2, 0) is 9.53 Å². The molecule has 0 aromatic rings. The molecule has 0 unspecified atom stereocenters. The molecule has 186 valence electrons. The van der Waals surface area contributed by atoms with Crippen LogP contribution in [0.3, 0.4) is 0 Å². The van der Waals surface area contributed by atoms with Crippen molar-refractivity contribution in [3.63, 3.8) is 0 Å². The van der Waals surface area contributed by atoms with E-state index in [1.807, 2.05) is 0 Å². The number of hydrogen-bond acceptors (Lipinski definition) is 3. The van der Waals surface area contributed by atoms with Crippen LogP contribution < -0.4 is 0 Å². The first kappa shape index (κ1) is 30.4. The van der Waals surface area contributed by atoms with Gasteiger partial charge in [-0.15, -0.1) is 0 Å². The number of carbonyl (C=O) groups is 1. The molecule has 0 radical (unpaired) electrons. The fourth-order valence-electron chi connectivity index (χ4n) is 4.42. The summed E-state index contributed by atoms with van der Waals surface area (Å²) in [5.74, 6) is -0.0646. The van der Waals surface area contributed by atoms with Crippen LogP contribution in [-0.4, -0.2) is 37.6 Å². The fraction of sp³-hybridized carbons (Fsp3) is 0.964. The predicted molar refractivity (Wildman–Crippen MR) is 137 cm³/mol. The molecule has 31 heavy (non-hydrogen) atoms. The second kappa shape index (κ2) is 25.7. The molecule has 0 saturated heterocycles. The highest BCUT2D eigenvalue weighted by atomic mass is 16.5. The molecule has 0 bridgehead atoms. The third-order valence-electron chi connectivity index (χ3n) is 6.45. The van der Waals surface area contributed by atoms with Crippen molar-refractivity contribution in [2.45, 2.75) is 149 Å². The van der Waals surface area contributed by atoms with Gasteiger partial charge in [-0.05, 0) is 45.3 Å². The monoisotopic (exact) mass is 439 g/mol. The summed E-state index contributed by atoms with van der Waals surface area (Å²) < 4.78 is 4.68. The largest absolute Gasteiger partial charge is 0.469 e. The van der Waals surface area contributed by atoms with Crippen LogP contribution >= 0.6 is 0 Å². The number of nitrogens with zero attached hydrogens (tertiary/aromatic N) is 1. The molecule has 0 aromatic carbocycles. The average Bonchev–Trinajstić information content (AvgIpc) is 2.78. The number of esters is 1. The van der Waals surface area contributed by atoms with E-state index < -0.39 is 0 Å². The summed E-state index contributed by atoms with van der Waals surface area (Å²) in [5, 5.41) is 0. The zero-order valence-electron chi connectivity index (χ0n) is 21.7. The lowest BCUT2D eigenvalue weighted by atomic mass is 10.1. The van der Waals surface area contributed by atoms with E-state index in [-0.39, 0.29) is 5.97 Å². The maximum atomic E-state index is 11.1. The number of rotatable bonds is 25. The lowest BCUT2D eigenvalue weighted by Gasteiger charge is -2.21. The minimum absolute atomic E-state index is 0.0646. The Morgan fingerprint density at radius 2 is 0.903 bits per heavy atom. The second-order valence-electron chi connectivity index (χ2n) is 9.53. The van der Waals surface area contributed by atoms with Gasteiger partial charge < -0.3 is 9.64 Å². The molecule has 0 fully saturated rings. The van der Waals surface area contributed by atoms with E-state index in [4.69, 9.17) is 0 Å². The van der Waals surface area contributed by atoms with Gasteiger partial charge in [-0.2, -0.15) is 0 Å². The van der Waals surface area contributed by atoms with Gasteiger partial charge in [0.2, 0.25) is 0 Å². The highest BCUT2D eigenvalue weighted by Gasteiger charge is 2.04. The lowest BCUT2D eigenvalue weighted by Crippen LogP contribution is -2.27. The Kier molecular flexibility index (Phi) is 25.2. The van der Waals surface area contributed by atoms with Crippen molar-refractivity contribution in [3.8, 4) is 0 Å². The molecule has 0 aliphatic rings. The number of hydrogen-bond donors (Lipinski definition) is 0. The summed E-state index contributed by atoms with van der Waals surface area (Å²) >= 11 is 0. The third kappa shape index (κ3) is 23.9. The molecular weight excluding hydrogens is 382 g/mol. The zero-order valence-corrected chi connectivity index (χ0v) is 21.7. The van der Waals surface area contributed by atoms with Gasteiger partial charge in [0.05, 0.1) is 7.11 Å². The standard InChI is InChI=1S/C28H57NO2/c1-4-6-7-8-9-10-13-16-19-22-26-29(25-5-2)27-23-20-17-14-11-12-15-18-21-24-28(30)31-3/h4-27H2,1-3H3. The van der Waals surface area contributed by atoms with Crippen molar-refractivity contribution >= 4 is 5.97 Å². The highest BCUT2D eigenvalue weighted by Crippen LogP contribution is 2.13. The topological polar surface area (TPSA) is 29.5 Å². The number of ether oxygens (including phenoxy) is 1. The summed E-state index contributed by atoms with van der Waals surface area (Å²) in [6, 6.07) is 0. The fourth-order valence-corrected chi connectivity index (χ4v) is 4.42. The normalized spacial score (nSPS) is 11.4. The minimum Gasteiger partial charge on any atom is -0.469 e. The average molecular weight is 440 g/mol. The Balaban J connectivity index is 3.43. The third-order valence-corrected chi connectivity index (χ3v) is 6.45. The smallest absolute Gasteiger partial charge is 0.305 e. The van der Waals surface area contributed by atoms with Gasteiger partial charge in [0.1, 0.15) is 0 Å². The Hall–Kier alpha value is -0.570. The summed E-state index contributed by atoms with van der Waals surface area (Å²) in [6.45, 7) is 8.51. The molecule has 0 aromatic heterocycles. The summed E-state index contributed by atoms with van der Waals surface area (Å²) in [7, 11) is 1.47. The molecule has 0 atom stereocenters. The molecular formula is C28H57NO2. The molecule has 0 heterocycles. The van der Waals surface area contributed by atoms with E-state index in [0.717, 1.165) is 6.42 Å². The van der Waals surface area contributed by atoms with Crippen LogP contribution in [0.5, 0.6) is 0 Å². The molecule has 0 amide bonds. The van der Waals surface area contributed by atoms with E-state index >= 15 is 0 Å². The van der Waals surface area contributed by atoms with Gasteiger partial charge in [-0.1, -0.05) is 117 Å². The van der Waals surface area contributed by atoms with Crippen LogP contribution in [0.2, 0.25) is 0 Å². The van der Waals surface area contributed by atoms with Gasteiger partial charge in [-0.3, -0.25) is 4.79 Å². The van der Waals surface area contributed by atoms with Crippen molar-refractivity contribution in [3.05, 3.63) is 0 Å². The molecule has 0 saturated carbocycles. The number of methoxy groups -OCH3 is 1. The van der Waals surface area contributed by atoms with E-state index in [9.17, 15) is 4.79 Å². The van der Waals surface area contributed by atoms with Gasteiger partial charge in [-0.25, -0.2) is 0 Å². The summed E-state index contributed by atoms with van der Waals surface area (Å²) in [6.07, 6.45) is 27.8. The molecule has 0 aliphatic carbocycles. The van der Waals surface area contributed by atoms with Crippen LogP contribution in [0.1, 0.15) is 149 Å². The molecule has 3 nitrogen and oxygen atoms in total. The Labute approximate surface area is 196 Å². The lowest BCUT2D eigenvalue weighted by molar-refractivity contribution is -0.140. The maximum absolute atomic E-state index is 11.1. The van der Waals surface area contributed by atoms with Gasteiger partial charge in [0.25, 0.3) is 0 Å². The van der Waals surface area contributed by atoms with Crippen molar-refractivity contribution in [1.82, 2.24) is 4.90 Å². The van der Waals surface area contributed by atoms with Gasteiger partial charge >= 0.3 is 5.97 Å². The molecule has 0 rings (SSSR count). The first-order valence-corrected chi connectivity index (χ1v) is 14.0. The minimum atomic E-state index is -0.0646. The van der Waals surface area contributed by atoms with Gasteiger partial charge in [0.15, 0.2) is 0 Å². The van der Waals surface area contributed by atoms with E-state index in [1.54, 1.807) is 0 Å². The summed E-state index contributed by atoms with van der Waals surface area (Å²) in [4.78, 5) is 13.8. The summed E-state index contributed by atoms with van der Waals surface area (Å²) in [5.41, 5.74) is 0. The Morgan fingerprint density at radius 1 is 0.516 bits per heavy atom. The quantitative estimate of drug-likeness (QED) is 0.105. The van der Waals surface area contributed by atoms with Crippen LogP contribution in [0.15, 0.2) is 0 Å². The van der Waals surface area contributed by atoms with E-state index in [2.05, 4.69) is 23.5 Å². The second-order valence-corrected chi connectivity index (χ2v) is 9.53. The molecule has 0 spiro atoms. The van der Waals surface area contributed by atoms with E-state index in [0.29, 0.717) is 6.42 Å². The Morgan fingerprint density at radius 3 is 1.29 bits per heavy atom. The van der Waals surface area contributed by atoms with Gasteiger partial charge in [0, 0.05) is 6.42 Å². The van der Waals surface area contributed by atoms with Crippen molar-refractivity contribution in [2.75, 3.05) is 26.7 Å². The zero-order chi connectivity index (χ0) is 22.8. The maximum Gasteiger partial charge on any atom is 0.305 e. The van der Waals surface area contributed by atoms with Crippen molar-refractivity contribution in [1.29, 1.82) is 0 Å². The van der Waals surface area contributed by atoms with Crippen LogP contribution in [0.25, 0.3) is 0 Å². The van der Waals surface area contributed by atoms with Crippen LogP contribution in [0.4, 0.5) is 0 Å². The Bertz CT molecular complexity index is 359. The first-order valence-electron chi connectivity index (χ1n) is 14.0. The molecule has 0 N–H and O–H groups in total. The SMILES string of the molecule is CCCCCCCCCCCCN(CCC)CCCCCCCCCCCC(=O)OC. The highest BCUT2D eigenvalue weighted by molar-refractivity contribution is 5.68. The van der Waals surface area contributed by atoms with Crippen molar-refractivity contribution < 1.29 is 9.53 Å². The van der Waals surface area contributed by atoms with Crippen LogP contribution in [0, 0.1) is 0 Å². The number of carbonyl (C=O) groups excluding carboxylic acids is 1. The molecule has 3 heteroatoms. The first-order chi connectivity index (χ1) is 15.2. The van der Waals surface area contributed by atoms with E-state index in [1.165, 1.54) is 149 Å². The molecule has 0 aliphatic heterocycles. The predicted octanol–water partition coefficient (Wildman–Crippen LogP) is 8.69. The number of unbranched alkanes of at least 4 members (excludes halogenated alkanes) is 17. The van der Waals surface area contributed by atoms with Crippen molar-refractivity contribution in [2.24, 2.45) is 0 Å².